The van der Waals surface area contributed by atoms with Gasteiger partial charge in [0.25, 0.3) is 5.91 Å². The monoisotopic (exact) mass is 346 g/mol. The van der Waals surface area contributed by atoms with E-state index in [1.165, 1.54) is 6.07 Å². The molecule has 1 heterocycles. The van der Waals surface area contributed by atoms with Crippen LogP contribution in [0.3, 0.4) is 0 Å². The molecule has 0 unspecified atom stereocenters. The summed E-state index contributed by atoms with van der Waals surface area (Å²) < 4.78 is 13.7. The molecule has 0 aliphatic heterocycles. The molecule has 1 amide bonds. The Balaban J connectivity index is 1.90. The van der Waals surface area contributed by atoms with Gasteiger partial charge in [0.15, 0.2) is 0 Å². The average Bonchev–Trinajstić information content (AvgIpc) is 2.92. The summed E-state index contributed by atoms with van der Waals surface area (Å²) in [5.74, 6) is -0.577. The molecule has 2 N–H and O–H groups in total. The van der Waals surface area contributed by atoms with E-state index < -0.39 is 0 Å². The number of fused-ring (bicyclic) bond motifs is 1. The predicted octanol–water partition coefficient (Wildman–Crippen LogP) is 4.63. The van der Waals surface area contributed by atoms with Crippen LogP contribution in [0.1, 0.15) is 15.9 Å². The number of hydrogen-bond donors (Lipinski definition) is 2. The van der Waals surface area contributed by atoms with Crippen LogP contribution in [0.5, 0.6) is 0 Å². The van der Waals surface area contributed by atoms with Gasteiger partial charge in [0.2, 0.25) is 0 Å². The van der Waals surface area contributed by atoms with E-state index >= 15 is 0 Å². The highest BCUT2D eigenvalue weighted by Crippen LogP contribution is 2.25. The molecule has 0 saturated heterocycles. The Labute approximate surface area is 129 Å². The average molecular weight is 347 g/mol. The zero-order chi connectivity index (χ0) is 15.0. The van der Waals surface area contributed by atoms with Crippen molar-refractivity contribution < 1.29 is 9.18 Å². The lowest BCUT2D eigenvalue weighted by molar-refractivity contribution is 0.102. The summed E-state index contributed by atoms with van der Waals surface area (Å²) in [7, 11) is 0. The second-order valence-corrected chi connectivity index (χ2v) is 5.67. The van der Waals surface area contributed by atoms with Crippen LogP contribution in [0.4, 0.5) is 10.1 Å². The summed E-state index contributed by atoms with van der Waals surface area (Å²) in [5.41, 5.74) is 2.70. The number of hydrogen-bond acceptors (Lipinski definition) is 1. The first-order valence-electron chi connectivity index (χ1n) is 6.39. The van der Waals surface area contributed by atoms with Gasteiger partial charge in [0, 0.05) is 23.0 Å². The Kier molecular flexibility index (Phi) is 3.51. The molecule has 21 heavy (non-hydrogen) atoms. The number of amides is 1. The third kappa shape index (κ3) is 2.69. The number of halogens is 2. The molecule has 3 rings (SSSR count). The minimum Gasteiger partial charge on any atom is -0.361 e. The van der Waals surface area contributed by atoms with Crippen molar-refractivity contribution in [3.63, 3.8) is 0 Å². The maximum Gasteiger partial charge on any atom is 0.255 e. The van der Waals surface area contributed by atoms with Gasteiger partial charge >= 0.3 is 0 Å². The molecule has 2 aromatic carbocycles. The Bertz CT molecular complexity index is 841. The Hall–Kier alpha value is -2.14. The number of aromatic amines is 1. The summed E-state index contributed by atoms with van der Waals surface area (Å²) in [5, 5.41) is 3.85. The van der Waals surface area contributed by atoms with Crippen LogP contribution in [0, 0.1) is 12.7 Å². The third-order valence-corrected chi connectivity index (χ3v) is 3.94. The standard InChI is InChI=1S/C16H12BrFN2O/c1-9-6-13(18)12(17)8-14(9)20-16(21)11-3-2-10-4-5-19-15(10)7-11/h2-8,19H,1H3,(H,20,21). The lowest BCUT2D eigenvalue weighted by Crippen LogP contribution is -2.13. The highest BCUT2D eigenvalue weighted by molar-refractivity contribution is 9.10. The smallest absolute Gasteiger partial charge is 0.255 e. The molecule has 3 nitrogen and oxygen atoms in total. The number of anilines is 1. The van der Waals surface area contributed by atoms with Gasteiger partial charge in [-0.05, 0) is 64.1 Å². The van der Waals surface area contributed by atoms with Gasteiger partial charge in [0.1, 0.15) is 5.82 Å². The van der Waals surface area contributed by atoms with Gasteiger partial charge in [-0.15, -0.1) is 0 Å². The summed E-state index contributed by atoms with van der Waals surface area (Å²) >= 11 is 3.12. The number of H-pyrrole nitrogens is 1. The highest BCUT2D eigenvalue weighted by Gasteiger charge is 2.11. The first-order valence-corrected chi connectivity index (χ1v) is 7.18. The summed E-state index contributed by atoms with van der Waals surface area (Å²) in [6.45, 7) is 1.75. The van der Waals surface area contributed by atoms with Gasteiger partial charge in [0.05, 0.1) is 4.47 Å². The molecule has 106 valence electrons. The molecule has 5 heteroatoms. The SMILES string of the molecule is Cc1cc(F)c(Br)cc1NC(=O)c1ccc2cc[nH]c2c1. The van der Waals surface area contributed by atoms with Crippen LogP contribution in [0.15, 0.2) is 47.1 Å². The second-order valence-electron chi connectivity index (χ2n) is 4.82. The van der Waals surface area contributed by atoms with E-state index in [2.05, 4.69) is 26.2 Å². The van der Waals surface area contributed by atoms with E-state index in [1.54, 1.807) is 25.1 Å². The topological polar surface area (TPSA) is 44.9 Å². The van der Waals surface area contributed by atoms with Crippen molar-refractivity contribution in [3.8, 4) is 0 Å². The molecular formula is C16H12BrFN2O. The number of rotatable bonds is 2. The van der Waals surface area contributed by atoms with Crippen LogP contribution in [0.2, 0.25) is 0 Å². The minimum absolute atomic E-state index is 0.229. The van der Waals surface area contributed by atoms with Crippen molar-refractivity contribution in [1.82, 2.24) is 4.98 Å². The molecule has 0 aliphatic rings. The number of aromatic nitrogens is 1. The lowest BCUT2D eigenvalue weighted by atomic mass is 10.1. The molecule has 0 fully saturated rings. The Morgan fingerprint density at radius 3 is 2.86 bits per heavy atom. The fourth-order valence-corrected chi connectivity index (χ4v) is 2.51. The normalized spacial score (nSPS) is 10.8. The molecule has 0 bridgehead atoms. The van der Waals surface area contributed by atoms with Gasteiger partial charge in [-0.25, -0.2) is 4.39 Å². The molecular weight excluding hydrogens is 335 g/mol. The zero-order valence-electron chi connectivity index (χ0n) is 11.2. The van der Waals surface area contributed by atoms with Gasteiger partial charge in [-0.3, -0.25) is 4.79 Å². The molecule has 1 aromatic heterocycles. The van der Waals surface area contributed by atoms with E-state index in [1.807, 2.05) is 18.3 Å². The third-order valence-electron chi connectivity index (χ3n) is 3.33. The molecule has 0 spiro atoms. The first-order chi connectivity index (χ1) is 10.0. The lowest BCUT2D eigenvalue weighted by Gasteiger charge is -2.10. The van der Waals surface area contributed by atoms with Crippen LogP contribution in [-0.4, -0.2) is 10.9 Å². The van der Waals surface area contributed by atoms with Crippen molar-refractivity contribution in [2.24, 2.45) is 0 Å². The fourth-order valence-electron chi connectivity index (χ4n) is 2.16. The summed E-state index contributed by atoms with van der Waals surface area (Å²) in [6, 6.07) is 10.3. The summed E-state index contributed by atoms with van der Waals surface area (Å²) in [6.07, 6.45) is 1.83. The second kappa shape index (κ2) is 5.33. The van der Waals surface area contributed by atoms with E-state index in [-0.39, 0.29) is 11.7 Å². The first kappa shape index (κ1) is 13.8. The van der Waals surface area contributed by atoms with Crippen molar-refractivity contribution in [3.05, 3.63) is 64.0 Å². The van der Waals surface area contributed by atoms with Crippen LogP contribution < -0.4 is 5.32 Å². The number of carbonyl (C=O) groups is 1. The number of benzene rings is 2. The molecule has 0 radical (unpaired) electrons. The maximum atomic E-state index is 13.4. The van der Waals surface area contributed by atoms with E-state index in [4.69, 9.17) is 0 Å². The number of carbonyl (C=O) groups excluding carboxylic acids is 1. The van der Waals surface area contributed by atoms with E-state index in [0.717, 1.165) is 10.9 Å². The molecule has 0 aliphatic carbocycles. The maximum absolute atomic E-state index is 13.4. The molecule has 0 atom stereocenters. The van der Waals surface area contributed by atoms with Crippen LogP contribution >= 0.6 is 15.9 Å². The summed E-state index contributed by atoms with van der Waals surface area (Å²) in [4.78, 5) is 15.4. The van der Waals surface area contributed by atoms with E-state index in [0.29, 0.717) is 21.3 Å². The molecule has 0 saturated carbocycles. The van der Waals surface area contributed by atoms with Gasteiger partial charge < -0.3 is 10.3 Å². The van der Waals surface area contributed by atoms with Gasteiger partial charge in [-0.2, -0.15) is 0 Å². The highest BCUT2D eigenvalue weighted by atomic mass is 79.9. The largest absolute Gasteiger partial charge is 0.361 e. The Morgan fingerprint density at radius 1 is 1.24 bits per heavy atom. The number of aryl methyl sites for hydroxylation is 1. The van der Waals surface area contributed by atoms with Crippen molar-refractivity contribution in [2.45, 2.75) is 6.92 Å². The number of nitrogens with one attached hydrogen (secondary N) is 2. The quantitative estimate of drug-likeness (QED) is 0.698. The van der Waals surface area contributed by atoms with Crippen molar-refractivity contribution in [2.75, 3.05) is 5.32 Å². The van der Waals surface area contributed by atoms with E-state index in [9.17, 15) is 9.18 Å². The Morgan fingerprint density at radius 2 is 2.05 bits per heavy atom. The van der Waals surface area contributed by atoms with Gasteiger partial charge in [-0.1, -0.05) is 6.07 Å². The van der Waals surface area contributed by atoms with Crippen molar-refractivity contribution in [1.29, 1.82) is 0 Å². The van der Waals surface area contributed by atoms with Crippen molar-refractivity contribution >= 4 is 38.4 Å². The van der Waals surface area contributed by atoms with Crippen LogP contribution in [-0.2, 0) is 0 Å². The predicted molar refractivity (Wildman–Crippen MR) is 85.1 cm³/mol. The van der Waals surface area contributed by atoms with Crippen LogP contribution in [0.25, 0.3) is 10.9 Å². The molecule has 3 aromatic rings. The minimum atomic E-state index is -0.349. The fraction of sp³-hybridized carbons (Fsp3) is 0.0625. The zero-order valence-corrected chi connectivity index (χ0v) is 12.8.